The molecule has 14 heavy (non-hydrogen) atoms. The van der Waals surface area contributed by atoms with Gasteiger partial charge in [-0.1, -0.05) is 18.2 Å². The molecule has 1 aliphatic heterocycles. The minimum Gasteiger partial charge on any atom is -0.350 e. The Morgan fingerprint density at radius 3 is 2.50 bits per heavy atom. The maximum absolute atomic E-state index is 5.40. The first kappa shape index (κ1) is 9.69. The Morgan fingerprint density at radius 1 is 1.14 bits per heavy atom. The Kier molecular flexibility index (Phi) is 2.85. The first-order chi connectivity index (χ1) is 6.75. The molecule has 1 aromatic rings. The highest BCUT2D eigenvalue weighted by Gasteiger charge is 2.16. The predicted octanol–water partition coefficient (Wildman–Crippen LogP) is 2.22. The van der Waals surface area contributed by atoms with Gasteiger partial charge in [-0.2, -0.15) is 0 Å². The molecule has 0 atom stereocenters. The molecule has 1 aliphatic rings. The molecular formula is C12H16O2. The number of rotatable bonds is 2. The fraction of sp³-hybridized carbons (Fsp3) is 0.500. The van der Waals surface area contributed by atoms with Gasteiger partial charge in [-0.25, -0.2) is 0 Å². The van der Waals surface area contributed by atoms with E-state index in [1.54, 1.807) is 0 Å². The zero-order valence-electron chi connectivity index (χ0n) is 8.75. The van der Waals surface area contributed by atoms with Crippen molar-refractivity contribution in [3.8, 4) is 0 Å². The Morgan fingerprint density at radius 2 is 1.86 bits per heavy atom. The van der Waals surface area contributed by atoms with Crippen molar-refractivity contribution >= 4 is 0 Å². The van der Waals surface area contributed by atoms with Crippen LogP contribution in [-0.2, 0) is 15.9 Å². The van der Waals surface area contributed by atoms with Crippen molar-refractivity contribution < 1.29 is 9.47 Å². The third-order valence-electron chi connectivity index (χ3n) is 2.66. The SMILES string of the molecule is Cc1ccc(CC2OCCO2)cc1C. The summed E-state index contributed by atoms with van der Waals surface area (Å²) < 4.78 is 10.8. The summed E-state index contributed by atoms with van der Waals surface area (Å²) in [5, 5.41) is 0. The Balaban J connectivity index is 2.05. The van der Waals surface area contributed by atoms with Crippen LogP contribution in [0.15, 0.2) is 18.2 Å². The van der Waals surface area contributed by atoms with Gasteiger partial charge in [0.1, 0.15) is 0 Å². The van der Waals surface area contributed by atoms with E-state index in [9.17, 15) is 0 Å². The van der Waals surface area contributed by atoms with E-state index in [0.29, 0.717) is 0 Å². The standard InChI is InChI=1S/C12H16O2/c1-9-3-4-11(7-10(9)2)8-12-13-5-6-14-12/h3-4,7,12H,5-6,8H2,1-2H3. The molecule has 2 heteroatoms. The maximum Gasteiger partial charge on any atom is 0.161 e. The van der Waals surface area contributed by atoms with Crippen molar-refractivity contribution in [2.45, 2.75) is 26.6 Å². The van der Waals surface area contributed by atoms with E-state index in [-0.39, 0.29) is 6.29 Å². The van der Waals surface area contributed by atoms with Gasteiger partial charge in [0.05, 0.1) is 13.2 Å². The van der Waals surface area contributed by atoms with Crippen LogP contribution in [0.2, 0.25) is 0 Å². The third-order valence-corrected chi connectivity index (χ3v) is 2.66. The summed E-state index contributed by atoms with van der Waals surface area (Å²) in [7, 11) is 0. The van der Waals surface area contributed by atoms with E-state index in [0.717, 1.165) is 19.6 Å². The molecular weight excluding hydrogens is 176 g/mol. The second kappa shape index (κ2) is 4.11. The van der Waals surface area contributed by atoms with Crippen molar-refractivity contribution in [1.29, 1.82) is 0 Å². The van der Waals surface area contributed by atoms with E-state index >= 15 is 0 Å². The van der Waals surface area contributed by atoms with Crippen molar-refractivity contribution in [2.75, 3.05) is 13.2 Å². The lowest BCUT2D eigenvalue weighted by molar-refractivity contribution is -0.0400. The topological polar surface area (TPSA) is 18.5 Å². The zero-order chi connectivity index (χ0) is 9.97. The molecule has 1 fully saturated rings. The zero-order valence-corrected chi connectivity index (χ0v) is 8.75. The summed E-state index contributed by atoms with van der Waals surface area (Å²) >= 11 is 0. The van der Waals surface area contributed by atoms with Crippen LogP contribution in [0, 0.1) is 13.8 Å². The van der Waals surface area contributed by atoms with Crippen LogP contribution in [-0.4, -0.2) is 19.5 Å². The molecule has 0 saturated carbocycles. The molecule has 76 valence electrons. The number of benzene rings is 1. The van der Waals surface area contributed by atoms with Crippen LogP contribution in [0.4, 0.5) is 0 Å². The molecule has 0 N–H and O–H groups in total. The van der Waals surface area contributed by atoms with Crippen molar-refractivity contribution in [3.63, 3.8) is 0 Å². The monoisotopic (exact) mass is 192 g/mol. The molecule has 0 spiro atoms. The normalized spacial score (nSPS) is 17.6. The summed E-state index contributed by atoms with van der Waals surface area (Å²) in [6.07, 6.45) is 0.832. The molecule has 0 amide bonds. The minimum absolute atomic E-state index is 0.0305. The summed E-state index contributed by atoms with van der Waals surface area (Å²) in [5.41, 5.74) is 3.96. The molecule has 0 radical (unpaired) electrons. The molecule has 1 saturated heterocycles. The van der Waals surface area contributed by atoms with Gasteiger partial charge in [0.25, 0.3) is 0 Å². The summed E-state index contributed by atoms with van der Waals surface area (Å²) in [5.74, 6) is 0. The van der Waals surface area contributed by atoms with Crippen LogP contribution < -0.4 is 0 Å². The number of hydrogen-bond acceptors (Lipinski definition) is 2. The molecule has 2 rings (SSSR count). The molecule has 0 bridgehead atoms. The third kappa shape index (κ3) is 2.14. The van der Waals surface area contributed by atoms with E-state index in [1.807, 2.05) is 0 Å². The Bertz CT molecular complexity index is 314. The molecule has 0 aromatic heterocycles. The largest absolute Gasteiger partial charge is 0.350 e. The highest BCUT2D eigenvalue weighted by Crippen LogP contribution is 2.15. The van der Waals surface area contributed by atoms with E-state index < -0.39 is 0 Å². The Labute approximate surface area is 84.8 Å². The van der Waals surface area contributed by atoms with E-state index in [4.69, 9.17) is 9.47 Å². The van der Waals surface area contributed by atoms with Gasteiger partial charge < -0.3 is 9.47 Å². The van der Waals surface area contributed by atoms with Crippen LogP contribution in [0.25, 0.3) is 0 Å². The minimum atomic E-state index is -0.0305. The first-order valence-electron chi connectivity index (χ1n) is 5.05. The van der Waals surface area contributed by atoms with Crippen molar-refractivity contribution in [3.05, 3.63) is 34.9 Å². The van der Waals surface area contributed by atoms with Crippen LogP contribution >= 0.6 is 0 Å². The first-order valence-corrected chi connectivity index (χ1v) is 5.05. The molecule has 1 heterocycles. The van der Waals surface area contributed by atoms with E-state index in [1.165, 1.54) is 16.7 Å². The van der Waals surface area contributed by atoms with Gasteiger partial charge in [-0.15, -0.1) is 0 Å². The predicted molar refractivity (Wildman–Crippen MR) is 55.3 cm³/mol. The lowest BCUT2D eigenvalue weighted by Gasteiger charge is -2.10. The van der Waals surface area contributed by atoms with Crippen molar-refractivity contribution in [1.82, 2.24) is 0 Å². The second-order valence-electron chi connectivity index (χ2n) is 3.79. The number of ether oxygens (including phenoxy) is 2. The fourth-order valence-electron chi connectivity index (χ4n) is 1.65. The summed E-state index contributed by atoms with van der Waals surface area (Å²) in [4.78, 5) is 0. The van der Waals surface area contributed by atoms with Gasteiger partial charge in [0.15, 0.2) is 6.29 Å². The highest BCUT2D eigenvalue weighted by atomic mass is 16.7. The lowest BCUT2D eigenvalue weighted by atomic mass is 10.0. The van der Waals surface area contributed by atoms with Crippen LogP contribution in [0.5, 0.6) is 0 Å². The number of aryl methyl sites for hydroxylation is 2. The van der Waals surface area contributed by atoms with Crippen LogP contribution in [0.1, 0.15) is 16.7 Å². The molecule has 1 aromatic carbocycles. The average Bonchev–Trinajstić information content (AvgIpc) is 2.64. The van der Waals surface area contributed by atoms with Gasteiger partial charge in [0.2, 0.25) is 0 Å². The fourth-order valence-corrected chi connectivity index (χ4v) is 1.65. The maximum atomic E-state index is 5.40. The smallest absolute Gasteiger partial charge is 0.161 e. The number of hydrogen-bond donors (Lipinski definition) is 0. The summed E-state index contributed by atoms with van der Waals surface area (Å²) in [6.45, 7) is 5.72. The second-order valence-corrected chi connectivity index (χ2v) is 3.79. The van der Waals surface area contributed by atoms with E-state index in [2.05, 4.69) is 32.0 Å². The van der Waals surface area contributed by atoms with Gasteiger partial charge in [-0.3, -0.25) is 0 Å². The van der Waals surface area contributed by atoms with Crippen molar-refractivity contribution in [2.24, 2.45) is 0 Å². The lowest BCUT2D eigenvalue weighted by Crippen LogP contribution is -2.11. The van der Waals surface area contributed by atoms with Gasteiger partial charge in [-0.05, 0) is 30.5 Å². The Hall–Kier alpha value is -0.860. The average molecular weight is 192 g/mol. The molecule has 0 unspecified atom stereocenters. The molecule has 0 aliphatic carbocycles. The van der Waals surface area contributed by atoms with Crippen LogP contribution in [0.3, 0.4) is 0 Å². The molecule has 2 nitrogen and oxygen atoms in total. The van der Waals surface area contributed by atoms with Gasteiger partial charge >= 0.3 is 0 Å². The highest BCUT2D eigenvalue weighted by molar-refractivity contribution is 5.30. The summed E-state index contributed by atoms with van der Waals surface area (Å²) in [6, 6.07) is 6.51. The van der Waals surface area contributed by atoms with Gasteiger partial charge in [0, 0.05) is 6.42 Å². The quantitative estimate of drug-likeness (QED) is 0.715.